The summed E-state index contributed by atoms with van der Waals surface area (Å²) in [4.78, 5) is 19.0. The molecule has 2 fully saturated rings. The van der Waals surface area contributed by atoms with E-state index in [-0.39, 0.29) is 25.0 Å². The van der Waals surface area contributed by atoms with Crippen molar-refractivity contribution in [2.75, 3.05) is 33.4 Å². The van der Waals surface area contributed by atoms with Gasteiger partial charge in [0, 0.05) is 25.2 Å². The van der Waals surface area contributed by atoms with Gasteiger partial charge in [-0.05, 0) is 65.3 Å². The number of aliphatic hydroxyl groups excluding tert-OH is 2. The van der Waals surface area contributed by atoms with Crippen molar-refractivity contribution in [3.05, 3.63) is 88.7 Å². The largest absolute Gasteiger partial charge is 0.493 e. The highest BCUT2D eigenvalue weighted by atomic mass is 16.5. The van der Waals surface area contributed by atoms with Crippen LogP contribution in [0.1, 0.15) is 57.4 Å². The molecule has 3 aromatic rings. The third-order valence-corrected chi connectivity index (χ3v) is 7.55. The molecule has 1 amide bonds. The minimum atomic E-state index is -1.66. The van der Waals surface area contributed by atoms with E-state index in [2.05, 4.69) is 29.2 Å². The molecule has 0 radical (unpaired) electrons. The zero-order chi connectivity index (χ0) is 28.1. The van der Waals surface area contributed by atoms with Crippen LogP contribution in [-0.4, -0.2) is 70.8 Å². The van der Waals surface area contributed by atoms with Gasteiger partial charge >= 0.3 is 0 Å². The number of ether oxygens (including phenoxy) is 3. The van der Waals surface area contributed by atoms with Gasteiger partial charge in [0.25, 0.3) is 5.91 Å². The number of rotatable bonds is 13. The lowest BCUT2D eigenvalue weighted by Gasteiger charge is -2.39. The van der Waals surface area contributed by atoms with Crippen molar-refractivity contribution < 1.29 is 34.3 Å². The highest BCUT2D eigenvalue weighted by Crippen LogP contribution is 2.40. The number of benzene rings is 2. The maximum atomic E-state index is 13.0. The topological polar surface area (TPSA) is 122 Å². The molecule has 1 saturated heterocycles. The first-order valence-electron chi connectivity index (χ1n) is 13.6. The maximum Gasteiger partial charge on any atom is 0.272 e. The minimum Gasteiger partial charge on any atom is -0.493 e. The molecule has 9 heteroatoms. The smallest absolute Gasteiger partial charge is 0.272 e. The van der Waals surface area contributed by atoms with Gasteiger partial charge in [0.15, 0.2) is 17.8 Å². The number of carbonyl (C=O) groups is 1. The van der Waals surface area contributed by atoms with Crippen LogP contribution in [0.2, 0.25) is 0 Å². The highest BCUT2D eigenvalue weighted by molar-refractivity contribution is 5.93. The fourth-order valence-electron chi connectivity index (χ4n) is 4.78. The van der Waals surface area contributed by atoms with Gasteiger partial charge in [-0.3, -0.25) is 9.78 Å². The van der Waals surface area contributed by atoms with Crippen molar-refractivity contribution in [3.63, 3.8) is 0 Å². The average Bonchev–Trinajstić information content (AvgIpc) is 3.80. The number of amides is 1. The third-order valence-electron chi connectivity index (χ3n) is 7.55. The molecule has 2 aliphatic rings. The van der Waals surface area contributed by atoms with Crippen LogP contribution in [-0.2, 0) is 18.0 Å². The number of likely N-dealkylation sites (tertiary alicyclic amines) is 1. The van der Waals surface area contributed by atoms with Gasteiger partial charge < -0.3 is 34.4 Å². The first kappa shape index (κ1) is 28.0. The van der Waals surface area contributed by atoms with Gasteiger partial charge in [-0.2, -0.15) is 0 Å². The predicted molar refractivity (Wildman–Crippen MR) is 147 cm³/mol. The quantitative estimate of drug-likeness (QED) is 0.279. The molecule has 3 N–H and O–H groups in total. The number of pyridine rings is 1. The Labute approximate surface area is 234 Å². The van der Waals surface area contributed by atoms with Crippen LogP contribution in [0.4, 0.5) is 0 Å². The van der Waals surface area contributed by atoms with E-state index in [0.29, 0.717) is 36.9 Å². The van der Waals surface area contributed by atoms with Crippen LogP contribution in [0.25, 0.3) is 0 Å². The van der Waals surface area contributed by atoms with Crippen molar-refractivity contribution >= 4 is 5.91 Å². The number of nitrogens with zero attached hydrogens (tertiary/aromatic N) is 2. The normalized spacial score (nSPS) is 16.1. The Morgan fingerprint density at radius 3 is 2.38 bits per heavy atom. The van der Waals surface area contributed by atoms with Crippen molar-refractivity contribution in [1.82, 2.24) is 9.88 Å². The standard InChI is InChI=1S/C31H36N2O7/c1-38-29-13-24(8-9-28(29)40-18-20-2-4-22(5-3-20)23-6-7-23)25-14-33(15-25)30(35)27-12-21(10-11-32-27)17-39-19-26(16-34)31(36)37/h2-5,8-13,23,25-26,31,34,36-37H,6-7,14-19H2,1H3. The first-order chi connectivity index (χ1) is 19.4. The fraction of sp³-hybridized carbons (Fsp3) is 0.419. The maximum absolute atomic E-state index is 13.0. The molecule has 1 aliphatic carbocycles. The molecule has 2 heterocycles. The van der Waals surface area contributed by atoms with E-state index in [9.17, 15) is 15.0 Å². The molecule has 0 spiro atoms. The molecule has 5 rings (SSSR count). The Bertz CT molecular complexity index is 1290. The van der Waals surface area contributed by atoms with Gasteiger partial charge in [0.1, 0.15) is 12.3 Å². The van der Waals surface area contributed by atoms with Crippen molar-refractivity contribution in [2.45, 2.75) is 44.2 Å². The molecule has 1 unspecified atom stereocenters. The first-order valence-corrected chi connectivity index (χ1v) is 13.6. The summed E-state index contributed by atoms with van der Waals surface area (Å²) in [6.45, 7) is 1.36. The van der Waals surface area contributed by atoms with Crippen LogP contribution in [0.3, 0.4) is 0 Å². The monoisotopic (exact) mass is 548 g/mol. The fourth-order valence-corrected chi connectivity index (χ4v) is 4.78. The lowest BCUT2D eigenvalue weighted by Crippen LogP contribution is -2.48. The van der Waals surface area contributed by atoms with Crippen LogP contribution in [0, 0.1) is 5.92 Å². The summed E-state index contributed by atoms with van der Waals surface area (Å²) in [7, 11) is 1.63. The van der Waals surface area contributed by atoms with Crippen LogP contribution >= 0.6 is 0 Å². The number of hydrogen-bond acceptors (Lipinski definition) is 8. The zero-order valence-electron chi connectivity index (χ0n) is 22.6. The average molecular weight is 549 g/mol. The molecule has 1 aromatic heterocycles. The summed E-state index contributed by atoms with van der Waals surface area (Å²) in [6.07, 6.45) is 2.48. The summed E-state index contributed by atoms with van der Waals surface area (Å²) in [5, 5.41) is 27.6. The van der Waals surface area contributed by atoms with Crippen LogP contribution < -0.4 is 9.47 Å². The molecule has 0 bridgehead atoms. The van der Waals surface area contributed by atoms with Crippen molar-refractivity contribution in [3.8, 4) is 11.5 Å². The van der Waals surface area contributed by atoms with Gasteiger partial charge in [0.05, 0.1) is 32.8 Å². The van der Waals surface area contributed by atoms with Gasteiger partial charge in [0.2, 0.25) is 0 Å². The summed E-state index contributed by atoms with van der Waals surface area (Å²) in [6, 6.07) is 18.0. The highest BCUT2D eigenvalue weighted by Gasteiger charge is 2.33. The lowest BCUT2D eigenvalue weighted by molar-refractivity contribution is -0.119. The SMILES string of the molecule is COc1cc(C2CN(C(=O)c3cc(COCC(CO)C(O)O)ccn3)C2)ccc1OCc1ccc(C2CC2)cc1. The van der Waals surface area contributed by atoms with Crippen LogP contribution in [0.15, 0.2) is 60.8 Å². The summed E-state index contributed by atoms with van der Waals surface area (Å²) in [5.74, 6) is 1.34. The second kappa shape index (κ2) is 12.8. The van der Waals surface area contributed by atoms with E-state index in [1.807, 2.05) is 18.2 Å². The number of hydrogen-bond donors (Lipinski definition) is 3. The summed E-state index contributed by atoms with van der Waals surface area (Å²) < 4.78 is 17.1. The molecule has 1 saturated carbocycles. The van der Waals surface area contributed by atoms with E-state index in [0.717, 1.165) is 22.6 Å². The molecule has 2 aromatic carbocycles. The Morgan fingerprint density at radius 1 is 0.950 bits per heavy atom. The molecular formula is C31H36N2O7. The van der Waals surface area contributed by atoms with E-state index < -0.39 is 18.8 Å². The van der Waals surface area contributed by atoms with E-state index in [1.54, 1.807) is 30.3 Å². The van der Waals surface area contributed by atoms with Gasteiger partial charge in [-0.1, -0.05) is 30.3 Å². The van der Waals surface area contributed by atoms with Crippen molar-refractivity contribution in [2.24, 2.45) is 5.92 Å². The third kappa shape index (κ3) is 6.79. The van der Waals surface area contributed by atoms with Crippen molar-refractivity contribution in [1.29, 1.82) is 0 Å². The second-order valence-corrected chi connectivity index (χ2v) is 10.5. The van der Waals surface area contributed by atoms with Crippen LogP contribution in [0.5, 0.6) is 11.5 Å². The Balaban J connectivity index is 1.12. The van der Waals surface area contributed by atoms with E-state index in [4.69, 9.17) is 19.3 Å². The predicted octanol–water partition coefficient (Wildman–Crippen LogP) is 3.22. The number of aromatic nitrogens is 1. The second-order valence-electron chi connectivity index (χ2n) is 10.5. The number of methoxy groups -OCH3 is 1. The number of carbonyl (C=O) groups excluding carboxylic acids is 1. The Morgan fingerprint density at radius 2 is 1.70 bits per heavy atom. The Hall–Kier alpha value is -3.50. The minimum absolute atomic E-state index is 0.0195. The summed E-state index contributed by atoms with van der Waals surface area (Å²) in [5.41, 5.74) is 4.67. The molecule has 1 atom stereocenters. The number of aliphatic hydroxyl groups is 3. The van der Waals surface area contributed by atoms with E-state index in [1.165, 1.54) is 18.4 Å². The molecular weight excluding hydrogens is 512 g/mol. The summed E-state index contributed by atoms with van der Waals surface area (Å²) >= 11 is 0. The molecule has 9 nitrogen and oxygen atoms in total. The van der Waals surface area contributed by atoms with E-state index >= 15 is 0 Å². The zero-order valence-corrected chi connectivity index (χ0v) is 22.6. The molecule has 1 aliphatic heterocycles. The molecule has 212 valence electrons. The lowest BCUT2D eigenvalue weighted by atomic mass is 9.91. The van der Waals surface area contributed by atoms with Gasteiger partial charge in [-0.15, -0.1) is 0 Å². The van der Waals surface area contributed by atoms with Gasteiger partial charge in [-0.25, -0.2) is 0 Å². The Kier molecular flexibility index (Phi) is 8.96. The molecule has 40 heavy (non-hydrogen) atoms.